The Bertz CT molecular complexity index is 573. The molecule has 1 N–H and O–H groups in total. The molecule has 2 fully saturated rings. The zero-order valence-corrected chi connectivity index (χ0v) is 14.0. The van der Waals surface area contributed by atoms with Crippen LogP contribution in [0.15, 0.2) is 30.3 Å². The zero-order chi connectivity index (χ0) is 17.9. The average Bonchev–Trinajstić information content (AvgIpc) is 3.00. The van der Waals surface area contributed by atoms with Crippen LogP contribution in [-0.4, -0.2) is 73.9 Å². The molecule has 8 heteroatoms. The van der Waals surface area contributed by atoms with Crippen LogP contribution in [0.1, 0.15) is 6.42 Å². The van der Waals surface area contributed by atoms with Crippen LogP contribution in [0.5, 0.6) is 0 Å². The van der Waals surface area contributed by atoms with Gasteiger partial charge in [-0.25, -0.2) is 4.79 Å². The van der Waals surface area contributed by atoms with Crippen molar-refractivity contribution in [3.8, 4) is 0 Å². The number of likely N-dealkylation sites (tertiary alicyclic amines) is 1. The topological polar surface area (TPSA) is 38.8 Å². The Morgan fingerprint density at radius 2 is 1.76 bits per heavy atom. The second-order valence-corrected chi connectivity index (χ2v) is 6.60. The molecule has 2 heterocycles. The zero-order valence-electron chi connectivity index (χ0n) is 14.0. The van der Waals surface area contributed by atoms with Gasteiger partial charge in [0.05, 0.1) is 6.54 Å². The normalized spacial score (nSPS) is 22.3. The number of rotatable bonds is 3. The van der Waals surface area contributed by atoms with Crippen LogP contribution in [0.2, 0.25) is 0 Å². The summed E-state index contributed by atoms with van der Waals surface area (Å²) in [5.41, 5.74) is 1.14. The maximum Gasteiger partial charge on any atom is 0.401 e. The highest BCUT2D eigenvalue weighted by atomic mass is 19.4. The van der Waals surface area contributed by atoms with Crippen LogP contribution >= 0.6 is 0 Å². The highest BCUT2D eigenvalue weighted by Gasteiger charge is 2.35. The highest BCUT2D eigenvalue weighted by Crippen LogP contribution is 2.20. The molecule has 2 amide bonds. The Balaban J connectivity index is 1.43. The predicted octanol–water partition coefficient (Wildman–Crippen LogP) is 2.15. The average molecular weight is 356 g/mol. The minimum Gasteiger partial charge on any atom is -0.368 e. The van der Waals surface area contributed by atoms with Crippen LogP contribution in [-0.2, 0) is 0 Å². The van der Waals surface area contributed by atoms with Gasteiger partial charge in [0.25, 0.3) is 0 Å². The molecule has 2 saturated heterocycles. The van der Waals surface area contributed by atoms with Crippen LogP contribution in [0.3, 0.4) is 0 Å². The highest BCUT2D eigenvalue weighted by molar-refractivity contribution is 5.75. The quantitative estimate of drug-likeness (QED) is 0.902. The largest absolute Gasteiger partial charge is 0.401 e. The number of urea groups is 1. The molecular weight excluding hydrogens is 333 g/mol. The summed E-state index contributed by atoms with van der Waals surface area (Å²) < 4.78 is 37.3. The van der Waals surface area contributed by atoms with Gasteiger partial charge in [0, 0.05) is 51.0 Å². The fourth-order valence-electron chi connectivity index (χ4n) is 3.42. The smallest absolute Gasteiger partial charge is 0.368 e. The fourth-order valence-corrected chi connectivity index (χ4v) is 3.42. The van der Waals surface area contributed by atoms with Gasteiger partial charge in [-0.3, -0.25) is 4.90 Å². The number of anilines is 1. The predicted molar refractivity (Wildman–Crippen MR) is 89.7 cm³/mol. The van der Waals surface area contributed by atoms with E-state index in [0.29, 0.717) is 26.1 Å². The van der Waals surface area contributed by atoms with E-state index in [9.17, 15) is 18.0 Å². The van der Waals surface area contributed by atoms with E-state index in [1.807, 2.05) is 30.3 Å². The monoisotopic (exact) mass is 356 g/mol. The van der Waals surface area contributed by atoms with Gasteiger partial charge >= 0.3 is 12.2 Å². The molecule has 3 rings (SSSR count). The first-order chi connectivity index (χ1) is 11.9. The summed E-state index contributed by atoms with van der Waals surface area (Å²) in [6.45, 7) is 2.45. The van der Waals surface area contributed by atoms with E-state index in [0.717, 1.165) is 18.8 Å². The lowest BCUT2D eigenvalue weighted by Gasteiger charge is -2.36. The van der Waals surface area contributed by atoms with Crippen molar-refractivity contribution in [2.75, 3.05) is 50.7 Å². The number of amides is 2. The molecule has 1 atom stereocenters. The second-order valence-electron chi connectivity index (χ2n) is 6.60. The number of carbonyl (C=O) groups is 1. The van der Waals surface area contributed by atoms with Crippen molar-refractivity contribution in [3.63, 3.8) is 0 Å². The third-order valence-corrected chi connectivity index (χ3v) is 4.69. The first kappa shape index (κ1) is 17.8. The molecule has 2 aliphatic rings. The molecule has 5 nitrogen and oxygen atoms in total. The van der Waals surface area contributed by atoms with E-state index in [2.05, 4.69) is 10.2 Å². The van der Waals surface area contributed by atoms with Crippen molar-refractivity contribution in [1.29, 1.82) is 0 Å². The van der Waals surface area contributed by atoms with Crippen LogP contribution in [0.25, 0.3) is 0 Å². The lowest BCUT2D eigenvalue weighted by Crippen LogP contribution is -2.54. The van der Waals surface area contributed by atoms with Crippen molar-refractivity contribution in [3.05, 3.63) is 30.3 Å². The third-order valence-electron chi connectivity index (χ3n) is 4.69. The lowest BCUT2D eigenvalue weighted by molar-refractivity contribution is -0.143. The van der Waals surface area contributed by atoms with Gasteiger partial charge in [-0.2, -0.15) is 13.2 Å². The number of nitrogens with zero attached hydrogens (tertiary/aromatic N) is 3. The molecule has 25 heavy (non-hydrogen) atoms. The van der Waals surface area contributed by atoms with Gasteiger partial charge in [-0.05, 0) is 18.6 Å². The Hall–Kier alpha value is -1.96. The molecule has 138 valence electrons. The number of hydrogen-bond donors (Lipinski definition) is 1. The molecule has 0 aromatic heterocycles. The van der Waals surface area contributed by atoms with Crippen molar-refractivity contribution in [1.82, 2.24) is 15.1 Å². The molecule has 1 aromatic rings. The van der Waals surface area contributed by atoms with Gasteiger partial charge < -0.3 is 15.1 Å². The Kier molecular flexibility index (Phi) is 5.36. The number of nitrogens with one attached hydrogen (secondary N) is 1. The first-order valence-electron chi connectivity index (χ1n) is 8.55. The van der Waals surface area contributed by atoms with Gasteiger partial charge in [0.2, 0.25) is 0 Å². The number of piperazine rings is 1. The molecule has 0 spiro atoms. The number of para-hydroxylation sites is 1. The minimum atomic E-state index is -4.19. The molecule has 0 saturated carbocycles. The number of alkyl halides is 3. The molecule has 2 aliphatic heterocycles. The van der Waals surface area contributed by atoms with Gasteiger partial charge in [-0.15, -0.1) is 0 Å². The van der Waals surface area contributed by atoms with Crippen LogP contribution < -0.4 is 10.2 Å². The van der Waals surface area contributed by atoms with Gasteiger partial charge in [0.15, 0.2) is 0 Å². The summed E-state index contributed by atoms with van der Waals surface area (Å²) in [6.07, 6.45) is -3.63. The van der Waals surface area contributed by atoms with Crippen molar-refractivity contribution in [2.24, 2.45) is 0 Å². The summed E-state index contributed by atoms with van der Waals surface area (Å²) >= 11 is 0. The maximum atomic E-state index is 12.4. The summed E-state index contributed by atoms with van der Waals surface area (Å²) in [4.78, 5) is 17.7. The summed E-state index contributed by atoms with van der Waals surface area (Å²) in [5, 5.41) is 2.88. The summed E-state index contributed by atoms with van der Waals surface area (Å²) in [5.74, 6) is 0. The fraction of sp³-hybridized carbons (Fsp3) is 0.588. The van der Waals surface area contributed by atoms with Crippen molar-refractivity contribution < 1.29 is 18.0 Å². The molecular formula is C17H23F3N4O. The minimum absolute atomic E-state index is 0.174. The maximum absolute atomic E-state index is 12.4. The molecule has 1 aromatic carbocycles. The first-order valence-corrected chi connectivity index (χ1v) is 8.55. The summed E-state index contributed by atoms with van der Waals surface area (Å²) in [6, 6.07) is 9.65. The third kappa shape index (κ3) is 5.01. The molecule has 1 unspecified atom stereocenters. The van der Waals surface area contributed by atoms with Crippen LogP contribution in [0.4, 0.5) is 23.7 Å². The second kappa shape index (κ2) is 7.51. The van der Waals surface area contributed by atoms with Crippen molar-refractivity contribution >= 4 is 11.7 Å². The van der Waals surface area contributed by atoms with E-state index in [-0.39, 0.29) is 18.6 Å². The van der Waals surface area contributed by atoms with E-state index in [1.165, 1.54) is 4.90 Å². The van der Waals surface area contributed by atoms with Crippen molar-refractivity contribution in [2.45, 2.75) is 18.6 Å². The number of carbonyl (C=O) groups excluding carboxylic acids is 1. The summed E-state index contributed by atoms with van der Waals surface area (Å²) in [7, 11) is 0. The van der Waals surface area contributed by atoms with E-state index in [1.54, 1.807) is 4.90 Å². The number of halogens is 3. The number of hydrogen-bond acceptors (Lipinski definition) is 3. The van der Waals surface area contributed by atoms with Gasteiger partial charge in [-0.1, -0.05) is 18.2 Å². The van der Waals surface area contributed by atoms with Crippen LogP contribution in [0, 0.1) is 0 Å². The Morgan fingerprint density at radius 1 is 1.08 bits per heavy atom. The molecule has 0 aliphatic carbocycles. The Labute approximate surface area is 145 Å². The number of benzene rings is 1. The lowest BCUT2D eigenvalue weighted by atomic mass is 10.2. The van der Waals surface area contributed by atoms with E-state index < -0.39 is 12.7 Å². The van der Waals surface area contributed by atoms with E-state index in [4.69, 9.17) is 0 Å². The molecule has 0 bridgehead atoms. The SMILES string of the molecule is O=C(NC1CCN(CC(F)(F)F)C1)N1CCN(c2ccccc2)CC1. The Morgan fingerprint density at radius 3 is 2.40 bits per heavy atom. The standard InChI is InChI=1S/C17H23F3N4O/c18-17(19,20)13-22-7-6-14(12-22)21-16(25)24-10-8-23(9-11-24)15-4-2-1-3-5-15/h1-5,14H,6-13H2,(H,21,25). The van der Waals surface area contributed by atoms with Gasteiger partial charge in [0.1, 0.15) is 0 Å². The molecule has 0 radical (unpaired) electrons. The van der Waals surface area contributed by atoms with E-state index >= 15 is 0 Å².